The molecule has 1 aliphatic heterocycles. The summed E-state index contributed by atoms with van der Waals surface area (Å²) < 4.78 is 6.50. The molecule has 2 aromatic rings. The largest absolute Gasteiger partial charge is 0.381 e. The summed E-state index contributed by atoms with van der Waals surface area (Å²) in [5.41, 5.74) is 2.51. The van der Waals surface area contributed by atoms with Crippen molar-refractivity contribution in [1.82, 2.24) is 5.32 Å². The molecule has 2 aromatic carbocycles. The van der Waals surface area contributed by atoms with Gasteiger partial charge in [0, 0.05) is 36.0 Å². The van der Waals surface area contributed by atoms with Crippen molar-refractivity contribution in [3.05, 3.63) is 63.6 Å². The van der Waals surface area contributed by atoms with E-state index < -0.39 is 5.41 Å². The molecular weight excluding hydrogens is 408 g/mol. The molecule has 0 spiro atoms. The Morgan fingerprint density at radius 3 is 2.33 bits per heavy atom. The Hall–Kier alpha value is -2.18. The van der Waals surface area contributed by atoms with E-state index in [2.05, 4.69) is 26.6 Å². The first-order valence-electron chi connectivity index (χ1n) is 8.94. The van der Waals surface area contributed by atoms with Gasteiger partial charge in [-0.3, -0.25) is 9.59 Å². The number of carbonyl (C=O) groups is 2. The maximum Gasteiger partial charge on any atom is 0.251 e. The number of ether oxygens (including phenoxy) is 1. The minimum absolute atomic E-state index is 0.0380. The van der Waals surface area contributed by atoms with E-state index in [1.54, 1.807) is 25.2 Å². The van der Waals surface area contributed by atoms with E-state index in [4.69, 9.17) is 4.74 Å². The molecule has 1 aliphatic rings. The van der Waals surface area contributed by atoms with Crippen LogP contribution < -0.4 is 10.6 Å². The Morgan fingerprint density at radius 2 is 1.74 bits per heavy atom. The van der Waals surface area contributed by atoms with Crippen LogP contribution in [0.5, 0.6) is 0 Å². The average molecular weight is 431 g/mol. The van der Waals surface area contributed by atoms with Crippen LogP contribution in [-0.2, 0) is 14.9 Å². The molecule has 0 atom stereocenters. The van der Waals surface area contributed by atoms with Crippen molar-refractivity contribution in [3.63, 3.8) is 0 Å². The number of rotatable bonds is 4. The molecule has 6 heteroatoms. The van der Waals surface area contributed by atoms with Crippen molar-refractivity contribution in [1.29, 1.82) is 0 Å². The number of carbonyl (C=O) groups excluding carboxylic acids is 2. The fourth-order valence-electron chi connectivity index (χ4n) is 3.47. The minimum atomic E-state index is -0.620. The number of amides is 2. The van der Waals surface area contributed by atoms with E-state index in [0.29, 0.717) is 31.6 Å². The van der Waals surface area contributed by atoms with Gasteiger partial charge in [0.15, 0.2) is 0 Å². The smallest absolute Gasteiger partial charge is 0.251 e. The zero-order valence-corrected chi connectivity index (χ0v) is 17.1. The van der Waals surface area contributed by atoms with Crippen LogP contribution in [0.2, 0.25) is 0 Å². The molecule has 0 unspecified atom stereocenters. The summed E-state index contributed by atoms with van der Waals surface area (Å²) in [4.78, 5) is 25.1. The van der Waals surface area contributed by atoms with Crippen molar-refractivity contribution in [3.8, 4) is 0 Å². The van der Waals surface area contributed by atoms with E-state index in [-0.39, 0.29) is 11.8 Å². The number of hydrogen-bond donors (Lipinski definition) is 2. The highest BCUT2D eigenvalue weighted by Gasteiger charge is 2.41. The maximum atomic E-state index is 13.3. The Bertz CT molecular complexity index is 843. The lowest BCUT2D eigenvalue weighted by atomic mass is 9.73. The van der Waals surface area contributed by atoms with Crippen molar-refractivity contribution >= 4 is 33.4 Å². The second-order valence-electron chi connectivity index (χ2n) is 6.76. The third kappa shape index (κ3) is 4.06. The molecule has 1 saturated heterocycles. The van der Waals surface area contributed by atoms with Gasteiger partial charge in [-0.05, 0) is 61.2 Å². The van der Waals surface area contributed by atoms with Crippen LogP contribution in [0.15, 0.2) is 46.9 Å². The number of aryl methyl sites for hydroxylation is 1. The van der Waals surface area contributed by atoms with Crippen LogP contribution in [0, 0.1) is 6.92 Å². The highest BCUT2D eigenvalue weighted by Crippen LogP contribution is 2.37. The van der Waals surface area contributed by atoms with Crippen LogP contribution in [0.3, 0.4) is 0 Å². The van der Waals surface area contributed by atoms with Crippen molar-refractivity contribution in [2.45, 2.75) is 25.2 Å². The lowest BCUT2D eigenvalue weighted by Crippen LogP contribution is -2.45. The van der Waals surface area contributed by atoms with Crippen molar-refractivity contribution in [2.75, 3.05) is 25.6 Å². The van der Waals surface area contributed by atoms with Gasteiger partial charge in [-0.25, -0.2) is 0 Å². The molecule has 2 amide bonds. The van der Waals surface area contributed by atoms with Crippen LogP contribution in [0.1, 0.15) is 34.3 Å². The number of hydrogen-bond acceptors (Lipinski definition) is 3. The molecule has 5 nitrogen and oxygen atoms in total. The highest BCUT2D eigenvalue weighted by atomic mass is 79.9. The highest BCUT2D eigenvalue weighted by molar-refractivity contribution is 9.10. The van der Waals surface area contributed by atoms with Gasteiger partial charge in [0.2, 0.25) is 5.91 Å². The Labute approximate surface area is 167 Å². The minimum Gasteiger partial charge on any atom is -0.381 e. The zero-order valence-electron chi connectivity index (χ0n) is 15.5. The third-order valence-corrected chi connectivity index (χ3v) is 5.67. The standard InChI is InChI=1S/C21H23BrN2O3/c1-14-13-15(19(25)23-2)3-8-18(14)24-20(26)21(9-11-27-12-10-21)16-4-6-17(22)7-5-16/h3-8,13H,9-12H2,1-2H3,(H,23,25)(H,24,26). The summed E-state index contributed by atoms with van der Waals surface area (Å²) in [5.74, 6) is -0.185. The monoisotopic (exact) mass is 430 g/mol. The Kier molecular flexibility index (Phi) is 5.97. The lowest BCUT2D eigenvalue weighted by molar-refractivity contribution is -0.125. The predicted molar refractivity (Wildman–Crippen MR) is 109 cm³/mol. The number of halogens is 1. The predicted octanol–water partition coefficient (Wildman–Crippen LogP) is 3.80. The summed E-state index contributed by atoms with van der Waals surface area (Å²) >= 11 is 3.45. The molecule has 27 heavy (non-hydrogen) atoms. The molecule has 142 valence electrons. The Morgan fingerprint density at radius 1 is 1.07 bits per heavy atom. The second-order valence-corrected chi connectivity index (χ2v) is 7.68. The molecule has 1 heterocycles. The van der Waals surface area contributed by atoms with Gasteiger partial charge < -0.3 is 15.4 Å². The fraction of sp³-hybridized carbons (Fsp3) is 0.333. The zero-order chi connectivity index (χ0) is 19.4. The second kappa shape index (κ2) is 8.23. The third-order valence-electron chi connectivity index (χ3n) is 5.14. The lowest BCUT2D eigenvalue weighted by Gasteiger charge is -2.36. The van der Waals surface area contributed by atoms with Gasteiger partial charge in [-0.15, -0.1) is 0 Å². The number of anilines is 1. The molecule has 3 rings (SSSR count). The summed E-state index contributed by atoms with van der Waals surface area (Å²) in [6, 6.07) is 13.2. The maximum absolute atomic E-state index is 13.3. The van der Waals surface area contributed by atoms with Gasteiger partial charge in [0.25, 0.3) is 5.91 Å². The molecule has 1 fully saturated rings. The van der Waals surface area contributed by atoms with Gasteiger partial charge in [-0.1, -0.05) is 28.1 Å². The average Bonchev–Trinajstić information content (AvgIpc) is 2.69. The number of nitrogens with one attached hydrogen (secondary N) is 2. The quantitative estimate of drug-likeness (QED) is 0.774. The van der Waals surface area contributed by atoms with Crippen LogP contribution in [0.25, 0.3) is 0 Å². The van der Waals surface area contributed by atoms with E-state index in [1.165, 1.54) is 0 Å². The topological polar surface area (TPSA) is 67.4 Å². The van der Waals surface area contributed by atoms with E-state index >= 15 is 0 Å². The van der Waals surface area contributed by atoms with Crippen LogP contribution in [0.4, 0.5) is 5.69 Å². The molecule has 0 aromatic heterocycles. The van der Waals surface area contributed by atoms with Gasteiger partial charge in [0.1, 0.15) is 0 Å². The normalized spacial score (nSPS) is 15.8. The Balaban J connectivity index is 1.89. The molecule has 0 saturated carbocycles. The van der Waals surface area contributed by atoms with Gasteiger partial charge in [0.05, 0.1) is 5.41 Å². The summed E-state index contributed by atoms with van der Waals surface area (Å²) in [6.45, 7) is 2.99. The van der Waals surface area contributed by atoms with Crippen LogP contribution in [-0.4, -0.2) is 32.1 Å². The van der Waals surface area contributed by atoms with Gasteiger partial charge >= 0.3 is 0 Å². The SMILES string of the molecule is CNC(=O)c1ccc(NC(=O)C2(c3ccc(Br)cc3)CCOCC2)c(C)c1. The molecule has 0 bridgehead atoms. The van der Waals surface area contributed by atoms with E-state index in [1.807, 2.05) is 31.2 Å². The van der Waals surface area contributed by atoms with Crippen LogP contribution >= 0.6 is 15.9 Å². The molecule has 0 radical (unpaired) electrons. The number of benzene rings is 2. The first-order chi connectivity index (χ1) is 13.0. The van der Waals surface area contributed by atoms with E-state index in [0.717, 1.165) is 21.3 Å². The molecule has 2 N–H and O–H groups in total. The van der Waals surface area contributed by atoms with E-state index in [9.17, 15) is 9.59 Å². The summed E-state index contributed by atoms with van der Waals surface area (Å²) in [6.07, 6.45) is 1.27. The first kappa shape index (κ1) is 19.6. The van der Waals surface area contributed by atoms with Crippen molar-refractivity contribution < 1.29 is 14.3 Å². The summed E-state index contributed by atoms with van der Waals surface area (Å²) in [7, 11) is 1.60. The fourth-order valence-corrected chi connectivity index (χ4v) is 3.73. The molecular formula is C21H23BrN2O3. The summed E-state index contributed by atoms with van der Waals surface area (Å²) in [5, 5.41) is 5.69. The first-order valence-corrected chi connectivity index (χ1v) is 9.73. The van der Waals surface area contributed by atoms with Gasteiger partial charge in [-0.2, -0.15) is 0 Å². The molecule has 0 aliphatic carbocycles. The van der Waals surface area contributed by atoms with Crippen molar-refractivity contribution in [2.24, 2.45) is 0 Å².